The van der Waals surface area contributed by atoms with Crippen LogP contribution in [0.25, 0.3) is 11.0 Å². The second kappa shape index (κ2) is 7.84. The van der Waals surface area contributed by atoms with Crippen molar-refractivity contribution in [3.63, 3.8) is 0 Å². The summed E-state index contributed by atoms with van der Waals surface area (Å²) in [6.07, 6.45) is -0.998. The maximum absolute atomic E-state index is 13.5. The van der Waals surface area contributed by atoms with Gasteiger partial charge in [-0.05, 0) is 42.0 Å². The molecule has 3 aromatic carbocycles. The molecule has 2 aliphatic heterocycles. The van der Waals surface area contributed by atoms with Gasteiger partial charge >= 0.3 is 5.63 Å². The minimum absolute atomic E-state index is 0.135. The lowest BCUT2D eigenvalue weighted by atomic mass is 9.88. The number of amides is 1. The molecule has 0 spiro atoms. The number of hydrogen-bond donors (Lipinski definition) is 1. The number of nitrogens with one attached hydrogen (secondary N) is 1. The molecule has 0 fully saturated rings. The van der Waals surface area contributed by atoms with Gasteiger partial charge < -0.3 is 28.7 Å². The maximum Gasteiger partial charge on any atom is 0.344 e. The highest BCUT2D eigenvalue weighted by Crippen LogP contribution is 2.45. The molecule has 170 valence electrons. The summed E-state index contributed by atoms with van der Waals surface area (Å²) in [5.41, 5.74) is 1.44. The van der Waals surface area contributed by atoms with Crippen LogP contribution in [0.15, 0.2) is 75.9 Å². The van der Waals surface area contributed by atoms with Gasteiger partial charge in [-0.15, -0.1) is 0 Å². The molecular weight excluding hydrogens is 438 g/mol. The molecule has 6 rings (SSSR count). The normalized spacial score (nSPS) is 17.8. The highest BCUT2D eigenvalue weighted by Gasteiger charge is 2.44. The van der Waals surface area contributed by atoms with Crippen molar-refractivity contribution in [2.24, 2.45) is 0 Å². The molecule has 0 saturated heterocycles. The van der Waals surface area contributed by atoms with E-state index in [1.165, 1.54) is 0 Å². The predicted molar refractivity (Wildman–Crippen MR) is 123 cm³/mol. The van der Waals surface area contributed by atoms with Crippen LogP contribution in [0.5, 0.6) is 23.0 Å². The first-order valence-corrected chi connectivity index (χ1v) is 10.7. The fourth-order valence-electron chi connectivity index (χ4n) is 4.42. The number of para-hydroxylation sites is 1. The Morgan fingerprint density at radius 2 is 1.79 bits per heavy atom. The van der Waals surface area contributed by atoms with Gasteiger partial charge in [-0.2, -0.15) is 0 Å². The lowest BCUT2D eigenvalue weighted by Crippen LogP contribution is -2.35. The monoisotopic (exact) mass is 457 g/mol. The van der Waals surface area contributed by atoms with Crippen LogP contribution in [-0.4, -0.2) is 25.9 Å². The third-order valence-corrected chi connectivity index (χ3v) is 6.03. The van der Waals surface area contributed by atoms with Crippen LogP contribution in [0.4, 0.5) is 5.69 Å². The van der Waals surface area contributed by atoms with E-state index in [0.717, 1.165) is 5.56 Å². The zero-order chi connectivity index (χ0) is 23.2. The smallest absolute Gasteiger partial charge is 0.344 e. The van der Waals surface area contributed by atoms with Crippen LogP contribution < -0.4 is 29.9 Å². The van der Waals surface area contributed by atoms with E-state index in [2.05, 4.69) is 5.32 Å². The molecule has 2 unspecified atom stereocenters. The van der Waals surface area contributed by atoms with Gasteiger partial charge in [0.25, 0.3) is 5.91 Å². The molecule has 1 N–H and O–H groups in total. The third-order valence-electron chi connectivity index (χ3n) is 6.03. The van der Waals surface area contributed by atoms with E-state index in [0.29, 0.717) is 45.2 Å². The van der Waals surface area contributed by atoms with E-state index in [4.69, 9.17) is 23.4 Å². The topological polar surface area (TPSA) is 96.2 Å². The SMILES string of the molecule is COc1ccc(C2c3c(c4ccccc4oc3=O)OC2C(=O)Nc2ccc3c(c2)OCO3)cc1. The number of methoxy groups -OCH3 is 1. The highest BCUT2D eigenvalue weighted by atomic mass is 16.7. The van der Waals surface area contributed by atoms with Gasteiger partial charge in [-0.1, -0.05) is 24.3 Å². The molecule has 1 amide bonds. The lowest BCUT2D eigenvalue weighted by Gasteiger charge is -2.19. The average molecular weight is 457 g/mol. The van der Waals surface area contributed by atoms with Crippen molar-refractivity contribution in [1.82, 2.24) is 0 Å². The molecule has 3 heterocycles. The molecule has 34 heavy (non-hydrogen) atoms. The van der Waals surface area contributed by atoms with Gasteiger partial charge in [0.1, 0.15) is 17.1 Å². The second-order valence-electron chi connectivity index (χ2n) is 7.98. The number of rotatable bonds is 4. The van der Waals surface area contributed by atoms with E-state index in [9.17, 15) is 9.59 Å². The number of anilines is 1. The van der Waals surface area contributed by atoms with Crippen LogP contribution >= 0.6 is 0 Å². The zero-order valence-electron chi connectivity index (χ0n) is 18.1. The number of ether oxygens (including phenoxy) is 4. The van der Waals surface area contributed by atoms with Crippen molar-refractivity contribution in [2.75, 3.05) is 19.2 Å². The predicted octanol–water partition coefficient (Wildman–Crippen LogP) is 4.06. The quantitative estimate of drug-likeness (QED) is 0.462. The Kier molecular flexibility index (Phi) is 4.65. The maximum atomic E-state index is 13.5. The standard InChI is InChI=1S/C26H19NO7/c1-30-16-9-6-14(7-10-16)21-22-23(17-4-2-3-5-18(17)33-26(22)29)34-24(21)25(28)27-15-8-11-19-20(12-15)32-13-31-19/h2-12,21,24H,13H2,1H3,(H,27,28). The summed E-state index contributed by atoms with van der Waals surface area (Å²) in [5.74, 6) is 1.11. The first-order chi connectivity index (χ1) is 16.6. The van der Waals surface area contributed by atoms with Crippen molar-refractivity contribution in [3.05, 3.63) is 88.3 Å². The first-order valence-electron chi connectivity index (χ1n) is 10.7. The Balaban J connectivity index is 1.43. The molecule has 0 bridgehead atoms. The van der Waals surface area contributed by atoms with E-state index >= 15 is 0 Å². The fraction of sp³-hybridized carbons (Fsp3) is 0.154. The Morgan fingerprint density at radius 1 is 1.00 bits per heavy atom. The minimum atomic E-state index is -0.998. The van der Waals surface area contributed by atoms with Crippen LogP contribution in [0.1, 0.15) is 17.0 Å². The Bertz CT molecular complexity index is 1480. The Morgan fingerprint density at radius 3 is 2.62 bits per heavy atom. The van der Waals surface area contributed by atoms with Crippen molar-refractivity contribution >= 4 is 22.6 Å². The first kappa shape index (κ1) is 20.2. The molecule has 8 nitrogen and oxygen atoms in total. The van der Waals surface area contributed by atoms with Gasteiger partial charge in [0.05, 0.1) is 24.0 Å². The number of benzene rings is 3. The summed E-state index contributed by atoms with van der Waals surface area (Å²) >= 11 is 0. The average Bonchev–Trinajstić information content (AvgIpc) is 3.49. The summed E-state index contributed by atoms with van der Waals surface area (Å²) < 4.78 is 27.8. The zero-order valence-corrected chi connectivity index (χ0v) is 18.1. The molecule has 2 atom stereocenters. The summed E-state index contributed by atoms with van der Waals surface area (Å²) in [5, 5.41) is 3.51. The minimum Gasteiger partial charge on any atom is -0.497 e. The molecular formula is C26H19NO7. The largest absolute Gasteiger partial charge is 0.497 e. The van der Waals surface area contributed by atoms with Crippen molar-refractivity contribution < 1.29 is 28.2 Å². The second-order valence-corrected chi connectivity index (χ2v) is 7.98. The Labute approximate surface area is 193 Å². The molecule has 0 aliphatic carbocycles. The highest BCUT2D eigenvalue weighted by molar-refractivity contribution is 5.98. The molecule has 2 aliphatic rings. The van der Waals surface area contributed by atoms with E-state index in [1.807, 2.05) is 18.2 Å². The number of fused-ring (bicyclic) bond motifs is 4. The van der Waals surface area contributed by atoms with Gasteiger partial charge in [0, 0.05) is 11.8 Å². The number of carbonyl (C=O) groups excluding carboxylic acids is 1. The summed E-state index contributed by atoms with van der Waals surface area (Å²) in [6.45, 7) is 0.135. The van der Waals surface area contributed by atoms with E-state index < -0.39 is 23.6 Å². The number of hydrogen-bond acceptors (Lipinski definition) is 7. The fourth-order valence-corrected chi connectivity index (χ4v) is 4.42. The molecule has 0 saturated carbocycles. The van der Waals surface area contributed by atoms with Crippen LogP contribution in [0.2, 0.25) is 0 Å². The number of carbonyl (C=O) groups is 1. The van der Waals surface area contributed by atoms with Gasteiger partial charge in [0.2, 0.25) is 6.79 Å². The van der Waals surface area contributed by atoms with Gasteiger partial charge in [-0.25, -0.2) is 4.79 Å². The molecule has 1 aromatic heterocycles. The van der Waals surface area contributed by atoms with Crippen LogP contribution in [0.3, 0.4) is 0 Å². The summed E-state index contributed by atoms with van der Waals surface area (Å²) in [4.78, 5) is 26.5. The Hall–Kier alpha value is -4.46. The summed E-state index contributed by atoms with van der Waals surface area (Å²) in [6, 6.07) is 19.4. The third kappa shape index (κ3) is 3.23. The van der Waals surface area contributed by atoms with Gasteiger partial charge in [0.15, 0.2) is 17.6 Å². The summed E-state index contributed by atoms with van der Waals surface area (Å²) in [7, 11) is 1.57. The lowest BCUT2D eigenvalue weighted by molar-refractivity contribution is -0.122. The van der Waals surface area contributed by atoms with Crippen molar-refractivity contribution in [2.45, 2.75) is 12.0 Å². The van der Waals surface area contributed by atoms with E-state index in [-0.39, 0.29) is 6.79 Å². The molecule has 4 aromatic rings. The van der Waals surface area contributed by atoms with Crippen LogP contribution in [0, 0.1) is 0 Å². The van der Waals surface area contributed by atoms with Crippen molar-refractivity contribution in [3.8, 4) is 23.0 Å². The van der Waals surface area contributed by atoms with Gasteiger partial charge in [-0.3, -0.25) is 4.79 Å². The van der Waals surface area contributed by atoms with E-state index in [1.54, 1.807) is 55.6 Å². The molecule has 8 heteroatoms. The molecule has 0 radical (unpaired) electrons. The van der Waals surface area contributed by atoms with Crippen molar-refractivity contribution in [1.29, 1.82) is 0 Å². The van der Waals surface area contributed by atoms with Crippen LogP contribution in [-0.2, 0) is 4.79 Å².